The molecule has 0 N–H and O–H groups in total. The van der Waals surface area contributed by atoms with Gasteiger partial charge in [-0.1, -0.05) is 46.4 Å². The monoisotopic (exact) mass is 239 g/mol. The van der Waals surface area contributed by atoms with Gasteiger partial charge in [-0.25, -0.2) is 0 Å². The van der Waals surface area contributed by atoms with Crippen molar-refractivity contribution < 1.29 is 0 Å². The van der Waals surface area contributed by atoms with E-state index in [1.54, 1.807) is 0 Å². The molecule has 1 nitrogen and oxygen atoms in total. The third-order valence-corrected chi connectivity index (χ3v) is 2.79. The van der Waals surface area contributed by atoms with Crippen molar-refractivity contribution in [2.45, 2.75) is 0 Å². The van der Waals surface area contributed by atoms with Crippen LogP contribution in [0.1, 0.15) is 5.56 Å². The molecule has 0 aliphatic carbocycles. The number of hydrogen-bond donors (Lipinski definition) is 0. The molecule has 0 saturated carbocycles. The predicted octanol–water partition coefficient (Wildman–Crippen LogP) is 4.17. The minimum Gasteiger partial charge on any atom is -0.192 e. The van der Waals surface area contributed by atoms with E-state index in [0.717, 1.165) is 0 Å². The summed E-state index contributed by atoms with van der Waals surface area (Å²) >= 11 is 22.6. The summed E-state index contributed by atoms with van der Waals surface area (Å²) in [6.45, 7) is 0. The van der Waals surface area contributed by atoms with Crippen LogP contribution in [0, 0.1) is 11.3 Å². The topological polar surface area (TPSA) is 23.8 Å². The molecule has 5 heteroatoms. The zero-order valence-electron chi connectivity index (χ0n) is 5.54. The molecule has 1 aromatic rings. The highest BCUT2D eigenvalue weighted by atomic mass is 35.5. The lowest BCUT2D eigenvalue weighted by molar-refractivity contribution is 1.48. The first-order valence-corrected chi connectivity index (χ1v) is 4.32. The molecule has 1 aromatic carbocycles. The predicted molar refractivity (Wildman–Crippen MR) is 51.2 cm³/mol. The molecule has 0 heterocycles. The van der Waals surface area contributed by atoms with E-state index in [0.29, 0.717) is 0 Å². The van der Waals surface area contributed by atoms with Crippen LogP contribution in [0.3, 0.4) is 0 Å². The standard InChI is InChI=1S/C7HCl4N/c8-4-1-5(9)7(11)6(10)3(4)2-12/h1H. The van der Waals surface area contributed by atoms with Crippen molar-refractivity contribution in [1.82, 2.24) is 0 Å². The molecule has 0 fully saturated rings. The lowest BCUT2D eigenvalue weighted by atomic mass is 10.2. The molecular formula is C7HCl4N. The normalized spacial score (nSPS) is 9.58. The van der Waals surface area contributed by atoms with Crippen molar-refractivity contribution in [1.29, 1.82) is 5.26 Å². The number of hydrogen-bond acceptors (Lipinski definition) is 1. The summed E-state index contributed by atoms with van der Waals surface area (Å²) in [6.07, 6.45) is 0. The molecule has 62 valence electrons. The Balaban J connectivity index is 3.54. The number of rotatable bonds is 0. The Morgan fingerprint density at radius 1 is 1.00 bits per heavy atom. The Hall–Kier alpha value is -0.130. The molecule has 0 aromatic heterocycles. The molecule has 12 heavy (non-hydrogen) atoms. The maximum absolute atomic E-state index is 8.59. The molecule has 0 atom stereocenters. The summed E-state index contributed by atoms with van der Waals surface area (Å²) in [7, 11) is 0. The second-order valence-corrected chi connectivity index (χ2v) is 3.53. The SMILES string of the molecule is N#Cc1c(Cl)cc(Cl)c(Cl)c1Cl. The number of nitrogens with zero attached hydrogens (tertiary/aromatic N) is 1. The number of benzene rings is 1. The van der Waals surface area contributed by atoms with Gasteiger partial charge < -0.3 is 0 Å². The number of nitriles is 1. The maximum atomic E-state index is 8.59. The Labute approximate surface area is 89.4 Å². The molecule has 0 radical (unpaired) electrons. The van der Waals surface area contributed by atoms with Gasteiger partial charge in [0, 0.05) is 0 Å². The largest absolute Gasteiger partial charge is 0.192 e. The summed E-state index contributed by atoms with van der Waals surface area (Å²) in [5, 5.41) is 9.29. The van der Waals surface area contributed by atoms with E-state index in [1.165, 1.54) is 6.07 Å². The highest BCUT2D eigenvalue weighted by molar-refractivity contribution is 6.49. The lowest BCUT2D eigenvalue weighted by Crippen LogP contribution is -1.81. The average Bonchev–Trinajstić information content (AvgIpc) is 2.01. The first-order chi connectivity index (χ1) is 5.57. The van der Waals surface area contributed by atoms with E-state index in [2.05, 4.69) is 0 Å². The first kappa shape index (κ1) is 9.95. The quantitative estimate of drug-likeness (QED) is 0.493. The smallest absolute Gasteiger partial charge is 0.102 e. The van der Waals surface area contributed by atoms with Crippen LogP contribution in [-0.4, -0.2) is 0 Å². The molecule has 1 rings (SSSR count). The minimum atomic E-state index is 0.0941. The highest BCUT2D eigenvalue weighted by Gasteiger charge is 2.12. The molecular weight excluding hydrogens is 240 g/mol. The zero-order valence-corrected chi connectivity index (χ0v) is 8.56. The van der Waals surface area contributed by atoms with Crippen LogP contribution in [0.4, 0.5) is 0 Å². The van der Waals surface area contributed by atoms with E-state index in [1.807, 2.05) is 6.07 Å². The van der Waals surface area contributed by atoms with Crippen molar-refractivity contribution in [3.63, 3.8) is 0 Å². The van der Waals surface area contributed by atoms with E-state index in [9.17, 15) is 0 Å². The third kappa shape index (κ3) is 1.62. The molecule has 0 amide bonds. The molecule has 0 bridgehead atoms. The fourth-order valence-electron chi connectivity index (χ4n) is 0.669. The molecule has 0 saturated heterocycles. The van der Waals surface area contributed by atoms with E-state index in [4.69, 9.17) is 51.7 Å². The Morgan fingerprint density at radius 2 is 1.58 bits per heavy atom. The van der Waals surface area contributed by atoms with E-state index in [-0.39, 0.29) is 25.7 Å². The Kier molecular flexibility index (Phi) is 3.09. The molecule has 0 spiro atoms. The third-order valence-electron chi connectivity index (χ3n) is 1.23. The maximum Gasteiger partial charge on any atom is 0.102 e. The summed E-state index contributed by atoms with van der Waals surface area (Å²) in [6, 6.07) is 3.21. The second kappa shape index (κ2) is 3.72. The average molecular weight is 241 g/mol. The van der Waals surface area contributed by atoms with Gasteiger partial charge in [0.05, 0.1) is 25.7 Å². The molecule has 0 aliphatic heterocycles. The summed E-state index contributed by atoms with van der Waals surface area (Å²) in [5.41, 5.74) is 0.146. The highest BCUT2D eigenvalue weighted by Crippen LogP contribution is 2.36. The van der Waals surface area contributed by atoms with Gasteiger partial charge in [0.25, 0.3) is 0 Å². The Bertz CT molecular complexity index is 367. The van der Waals surface area contributed by atoms with E-state index >= 15 is 0 Å². The lowest BCUT2D eigenvalue weighted by Gasteiger charge is -2.02. The summed E-state index contributed by atoms with van der Waals surface area (Å²) in [5.74, 6) is 0. The van der Waals surface area contributed by atoms with Crippen molar-refractivity contribution in [2.75, 3.05) is 0 Å². The first-order valence-electron chi connectivity index (χ1n) is 2.81. The van der Waals surface area contributed by atoms with Crippen LogP contribution in [0.5, 0.6) is 0 Å². The fraction of sp³-hybridized carbons (Fsp3) is 0. The van der Waals surface area contributed by atoms with Gasteiger partial charge in [-0.05, 0) is 6.07 Å². The van der Waals surface area contributed by atoms with Crippen LogP contribution >= 0.6 is 46.4 Å². The second-order valence-electron chi connectivity index (χ2n) is 1.95. The van der Waals surface area contributed by atoms with Gasteiger partial charge in [-0.3, -0.25) is 0 Å². The van der Waals surface area contributed by atoms with Crippen molar-refractivity contribution in [3.05, 3.63) is 31.7 Å². The minimum absolute atomic E-state index is 0.0941. The van der Waals surface area contributed by atoms with Gasteiger partial charge in [-0.15, -0.1) is 0 Å². The van der Waals surface area contributed by atoms with Crippen LogP contribution in [0.15, 0.2) is 6.07 Å². The molecule has 0 aliphatic rings. The van der Waals surface area contributed by atoms with Gasteiger partial charge in [0.2, 0.25) is 0 Å². The van der Waals surface area contributed by atoms with E-state index < -0.39 is 0 Å². The summed E-state index contributed by atoms with van der Waals surface area (Å²) < 4.78 is 0. The van der Waals surface area contributed by atoms with Gasteiger partial charge in [0.1, 0.15) is 6.07 Å². The van der Waals surface area contributed by atoms with Crippen molar-refractivity contribution in [3.8, 4) is 6.07 Å². The van der Waals surface area contributed by atoms with Crippen LogP contribution in [-0.2, 0) is 0 Å². The van der Waals surface area contributed by atoms with Crippen molar-refractivity contribution in [2.24, 2.45) is 0 Å². The Morgan fingerprint density at radius 3 is 2.08 bits per heavy atom. The van der Waals surface area contributed by atoms with Crippen molar-refractivity contribution >= 4 is 46.4 Å². The zero-order chi connectivity index (χ0) is 9.30. The van der Waals surface area contributed by atoms with Gasteiger partial charge in [-0.2, -0.15) is 5.26 Å². The van der Waals surface area contributed by atoms with Crippen LogP contribution in [0.25, 0.3) is 0 Å². The summed E-state index contributed by atoms with van der Waals surface area (Å²) in [4.78, 5) is 0. The van der Waals surface area contributed by atoms with Gasteiger partial charge in [0.15, 0.2) is 0 Å². The van der Waals surface area contributed by atoms with Gasteiger partial charge >= 0.3 is 0 Å². The van der Waals surface area contributed by atoms with Crippen LogP contribution < -0.4 is 0 Å². The van der Waals surface area contributed by atoms with Crippen LogP contribution in [0.2, 0.25) is 20.1 Å². The fourth-order valence-corrected chi connectivity index (χ4v) is 1.67. The number of halogens is 4. The molecule has 0 unspecified atom stereocenters.